The van der Waals surface area contributed by atoms with Gasteiger partial charge in [-0.2, -0.15) is 4.98 Å². The summed E-state index contributed by atoms with van der Waals surface area (Å²) in [5.41, 5.74) is 0.880. The number of benzene rings is 1. The summed E-state index contributed by atoms with van der Waals surface area (Å²) in [7, 11) is 0. The van der Waals surface area contributed by atoms with Crippen molar-refractivity contribution in [1.29, 1.82) is 0 Å². The first-order chi connectivity index (χ1) is 13.2. The fourth-order valence-electron chi connectivity index (χ4n) is 3.60. The first-order valence-corrected chi connectivity index (χ1v) is 9.80. The molecule has 1 aliphatic carbocycles. The maximum atomic E-state index is 12.4. The number of halogens is 1. The zero-order chi connectivity index (χ0) is 18.6. The van der Waals surface area contributed by atoms with Gasteiger partial charge in [-0.3, -0.25) is 9.69 Å². The van der Waals surface area contributed by atoms with Crippen molar-refractivity contribution in [1.82, 2.24) is 19.9 Å². The van der Waals surface area contributed by atoms with Crippen molar-refractivity contribution in [2.24, 2.45) is 5.92 Å². The van der Waals surface area contributed by atoms with Crippen molar-refractivity contribution in [2.75, 3.05) is 26.2 Å². The van der Waals surface area contributed by atoms with Crippen LogP contribution in [0.25, 0.3) is 11.4 Å². The molecule has 0 saturated carbocycles. The van der Waals surface area contributed by atoms with Gasteiger partial charge in [0.05, 0.1) is 6.54 Å². The quantitative estimate of drug-likeness (QED) is 0.737. The summed E-state index contributed by atoms with van der Waals surface area (Å²) in [6.07, 6.45) is 7.22. The highest BCUT2D eigenvalue weighted by atomic mass is 35.5. The lowest BCUT2D eigenvalue weighted by molar-refractivity contribution is -0.133. The summed E-state index contributed by atoms with van der Waals surface area (Å²) in [4.78, 5) is 21.1. The van der Waals surface area contributed by atoms with Gasteiger partial charge in [0, 0.05) is 43.2 Å². The molecule has 2 aromatic rings. The van der Waals surface area contributed by atoms with E-state index in [4.69, 9.17) is 16.1 Å². The van der Waals surface area contributed by atoms with Crippen LogP contribution >= 0.6 is 11.6 Å². The van der Waals surface area contributed by atoms with E-state index in [-0.39, 0.29) is 5.91 Å². The monoisotopic (exact) mass is 386 g/mol. The van der Waals surface area contributed by atoms with Crippen LogP contribution in [-0.2, 0) is 11.3 Å². The molecular formula is C20H23ClN4O2. The Morgan fingerprint density at radius 2 is 1.96 bits per heavy atom. The number of amides is 1. The van der Waals surface area contributed by atoms with Gasteiger partial charge in [-0.25, -0.2) is 0 Å². The Bertz CT molecular complexity index is 810. The van der Waals surface area contributed by atoms with Gasteiger partial charge >= 0.3 is 0 Å². The van der Waals surface area contributed by atoms with Crippen LogP contribution in [0.1, 0.15) is 25.2 Å². The smallest absolute Gasteiger partial charge is 0.241 e. The highest BCUT2D eigenvalue weighted by molar-refractivity contribution is 6.30. The Kier molecular flexibility index (Phi) is 5.55. The fraction of sp³-hybridized carbons (Fsp3) is 0.450. The Morgan fingerprint density at radius 1 is 1.19 bits per heavy atom. The molecule has 2 heterocycles. The largest absolute Gasteiger partial charge is 0.340 e. The van der Waals surface area contributed by atoms with Crippen molar-refractivity contribution in [3.05, 3.63) is 47.3 Å². The van der Waals surface area contributed by atoms with Crippen LogP contribution in [0.5, 0.6) is 0 Å². The van der Waals surface area contributed by atoms with Gasteiger partial charge in [-0.05, 0) is 43.0 Å². The van der Waals surface area contributed by atoms with Crippen LogP contribution in [0.4, 0.5) is 0 Å². The molecule has 0 N–H and O–H groups in total. The van der Waals surface area contributed by atoms with Gasteiger partial charge < -0.3 is 9.42 Å². The predicted octanol–water partition coefficient (Wildman–Crippen LogP) is 3.39. The van der Waals surface area contributed by atoms with E-state index in [1.165, 1.54) is 0 Å². The Morgan fingerprint density at radius 3 is 2.67 bits per heavy atom. The molecule has 1 amide bonds. The summed E-state index contributed by atoms with van der Waals surface area (Å²) in [5.74, 6) is 1.87. The average Bonchev–Trinajstić information content (AvgIpc) is 3.35. The molecule has 1 saturated heterocycles. The molecule has 4 rings (SSSR count). The Hall–Kier alpha value is -2.18. The number of aromatic nitrogens is 2. The first-order valence-electron chi connectivity index (χ1n) is 9.43. The van der Waals surface area contributed by atoms with E-state index in [1.807, 2.05) is 29.2 Å². The normalized spacial score (nSPS) is 20.3. The van der Waals surface area contributed by atoms with Crippen molar-refractivity contribution < 1.29 is 9.32 Å². The number of hydrogen-bond acceptors (Lipinski definition) is 5. The zero-order valence-corrected chi connectivity index (χ0v) is 15.9. The minimum atomic E-state index is 0.272. The molecule has 6 nitrogen and oxygen atoms in total. The summed E-state index contributed by atoms with van der Waals surface area (Å²) >= 11 is 5.91. The van der Waals surface area contributed by atoms with Gasteiger partial charge in [-0.1, -0.05) is 28.9 Å². The lowest BCUT2D eigenvalue weighted by atomic mass is 10.0. The van der Waals surface area contributed by atoms with Gasteiger partial charge in [0.15, 0.2) is 0 Å². The van der Waals surface area contributed by atoms with Crippen LogP contribution in [0.2, 0.25) is 5.02 Å². The number of carbonyl (C=O) groups is 1. The molecule has 1 unspecified atom stereocenters. The molecule has 1 aromatic carbocycles. The zero-order valence-electron chi connectivity index (χ0n) is 15.2. The van der Waals surface area contributed by atoms with Gasteiger partial charge in [-0.15, -0.1) is 0 Å². The molecule has 27 heavy (non-hydrogen) atoms. The molecule has 1 fully saturated rings. The Balaban J connectivity index is 1.27. The maximum Gasteiger partial charge on any atom is 0.241 e. The summed E-state index contributed by atoms with van der Waals surface area (Å²) in [5, 5.41) is 4.73. The molecule has 7 heteroatoms. The van der Waals surface area contributed by atoms with E-state index >= 15 is 0 Å². The first kappa shape index (κ1) is 18.2. The van der Waals surface area contributed by atoms with Crippen molar-refractivity contribution in [3.8, 4) is 11.4 Å². The second-order valence-corrected chi connectivity index (χ2v) is 7.58. The number of nitrogens with zero attached hydrogens (tertiary/aromatic N) is 4. The van der Waals surface area contributed by atoms with Crippen molar-refractivity contribution in [2.45, 2.75) is 25.8 Å². The van der Waals surface area contributed by atoms with E-state index in [1.54, 1.807) is 0 Å². The third-order valence-corrected chi connectivity index (χ3v) is 5.46. The van der Waals surface area contributed by atoms with Crippen molar-refractivity contribution >= 4 is 17.5 Å². The summed E-state index contributed by atoms with van der Waals surface area (Å²) in [6, 6.07) is 7.37. The lowest BCUT2D eigenvalue weighted by Gasteiger charge is -2.34. The van der Waals surface area contributed by atoms with E-state index in [0.717, 1.165) is 44.6 Å². The fourth-order valence-corrected chi connectivity index (χ4v) is 3.73. The molecule has 0 bridgehead atoms. The van der Waals surface area contributed by atoms with Crippen LogP contribution in [0.15, 0.2) is 40.9 Å². The van der Waals surface area contributed by atoms with Crippen LogP contribution in [0.3, 0.4) is 0 Å². The molecule has 142 valence electrons. The standard InChI is InChI=1S/C20H23ClN4O2/c21-17-7-5-16(6-8-17)20-22-18(27-23-20)14-24-9-11-25(12-10-24)19(26)13-15-3-1-2-4-15/h1,3,5-8,15H,2,4,9-14H2. The van der Waals surface area contributed by atoms with E-state index in [2.05, 4.69) is 27.2 Å². The predicted molar refractivity (Wildman–Crippen MR) is 103 cm³/mol. The maximum absolute atomic E-state index is 12.4. The van der Waals surface area contributed by atoms with E-state index in [0.29, 0.717) is 35.6 Å². The number of allylic oxidation sites excluding steroid dienone is 2. The second-order valence-electron chi connectivity index (χ2n) is 7.15. The van der Waals surface area contributed by atoms with Crippen LogP contribution in [-0.4, -0.2) is 52.0 Å². The molecule has 0 spiro atoms. The number of piperazine rings is 1. The van der Waals surface area contributed by atoms with Gasteiger partial charge in [0.2, 0.25) is 17.6 Å². The van der Waals surface area contributed by atoms with Crippen LogP contribution < -0.4 is 0 Å². The third kappa shape index (κ3) is 4.57. The molecular weight excluding hydrogens is 364 g/mol. The molecule has 1 aromatic heterocycles. The van der Waals surface area contributed by atoms with E-state index in [9.17, 15) is 4.79 Å². The molecule has 0 radical (unpaired) electrons. The van der Waals surface area contributed by atoms with Gasteiger partial charge in [0.25, 0.3) is 0 Å². The highest BCUT2D eigenvalue weighted by Crippen LogP contribution is 2.22. The number of carbonyl (C=O) groups excluding carboxylic acids is 1. The molecule has 1 atom stereocenters. The van der Waals surface area contributed by atoms with Crippen LogP contribution in [0, 0.1) is 5.92 Å². The minimum Gasteiger partial charge on any atom is -0.340 e. The summed E-state index contributed by atoms with van der Waals surface area (Å²) in [6.45, 7) is 3.77. The molecule has 2 aliphatic rings. The van der Waals surface area contributed by atoms with Gasteiger partial charge in [0.1, 0.15) is 0 Å². The number of rotatable bonds is 5. The second kappa shape index (κ2) is 8.23. The Labute approximate surface area is 163 Å². The molecule has 1 aliphatic heterocycles. The third-order valence-electron chi connectivity index (χ3n) is 5.20. The SMILES string of the molecule is O=C(CC1C=CCC1)N1CCN(Cc2nc(-c3ccc(Cl)cc3)no2)CC1. The van der Waals surface area contributed by atoms with E-state index < -0.39 is 0 Å². The minimum absolute atomic E-state index is 0.272. The average molecular weight is 387 g/mol. The topological polar surface area (TPSA) is 62.5 Å². The number of hydrogen-bond donors (Lipinski definition) is 0. The highest BCUT2D eigenvalue weighted by Gasteiger charge is 2.24. The lowest BCUT2D eigenvalue weighted by Crippen LogP contribution is -2.48. The summed E-state index contributed by atoms with van der Waals surface area (Å²) < 4.78 is 5.39. The van der Waals surface area contributed by atoms with Crippen molar-refractivity contribution in [3.63, 3.8) is 0 Å².